The van der Waals surface area contributed by atoms with Gasteiger partial charge in [0.25, 0.3) is 5.91 Å². The number of allylic oxidation sites excluding steroid dienone is 1. The lowest BCUT2D eigenvalue weighted by molar-refractivity contribution is -0.138. The van der Waals surface area contributed by atoms with Gasteiger partial charge in [0.05, 0.1) is 17.8 Å². The van der Waals surface area contributed by atoms with Gasteiger partial charge in [0.15, 0.2) is 0 Å². The molecule has 3 rings (SSSR count). The van der Waals surface area contributed by atoms with Crippen molar-refractivity contribution in [2.45, 2.75) is 20.3 Å². The van der Waals surface area contributed by atoms with Crippen LogP contribution in [0, 0.1) is 0 Å². The summed E-state index contributed by atoms with van der Waals surface area (Å²) in [5, 5.41) is 0. The maximum absolute atomic E-state index is 13.2. The zero-order chi connectivity index (χ0) is 21.7. The standard InChI is InChI=1S/C25H28N2O3/c1-5-30-25(29)23-18(2)27(16-15-19-9-7-6-8-10-19)24(28)22(23)17-20-11-13-21(14-12-20)26(3)4/h6-14,17H,5,15-16H2,1-4H3/b22-17-. The molecule has 30 heavy (non-hydrogen) atoms. The molecule has 0 bridgehead atoms. The van der Waals surface area contributed by atoms with Crippen molar-refractivity contribution in [2.24, 2.45) is 0 Å². The minimum Gasteiger partial charge on any atom is -0.462 e. The van der Waals surface area contributed by atoms with Gasteiger partial charge in [-0.3, -0.25) is 4.79 Å². The number of hydrogen-bond acceptors (Lipinski definition) is 4. The van der Waals surface area contributed by atoms with Crippen LogP contribution < -0.4 is 4.90 Å². The van der Waals surface area contributed by atoms with Crippen LogP contribution in [0.4, 0.5) is 5.69 Å². The Kier molecular flexibility index (Phi) is 6.72. The molecule has 0 fully saturated rings. The third-order valence-electron chi connectivity index (χ3n) is 5.18. The molecule has 2 aromatic rings. The monoisotopic (exact) mass is 404 g/mol. The molecular weight excluding hydrogens is 376 g/mol. The second kappa shape index (κ2) is 9.44. The Morgan fingerprint density at radius 1 is 1.07 bits per heavy atom. The minimum absolute atomic E-state index is 0.164. The van der Waals surface area contributed by atoms with Crippen LogP contribution in [0.3, 0.4) is 0 Å². The fourth-order valence-electron chi connectivity index (χ4n) is 3.52. The maximum atomic E-state index is 13.2. The summed E-state index contributed by atoms with van der Waals surface area (Å²) in [6.45, 7) is 4.35. The van der Waals surface area contributed by atoms with Crippen molar-refractivity contribution >= 4 is 23.6 Å². The Hall–Kier alpha value is -3.34. The Morgan fingerprint density at radius 3 is 2.33 bits per heavy atom. The van der Waals surface area contributed by atoms with Gasteiger partial charge < -0.3 is 14.5 Å². The van der Waals surface area contributed by atoms with E-state index >= 15 is 0 Å². The second-order valence-electron chi connectivity index (χ2n) is 7.42. The molecule has 0 atom stereocenters. The van der Waals surface area contributed by atoms with E-state index in [1.54, 1.807) is 17.9 Å². The molecule has 5 heteroatoms. The summed E-state index contributed by atoms with van der Waals surface area (Å²) in [5.74, 6) is -0.620. The molecule has 0 aromatic heterocycles. The number of benzene rings is 2. The second-order valence-corrected chi connectivity index (χ2v) is 7.42. The van der Waals surface area contributed by atoms with Gasteiger partial charge in [-0.2, -0.15) is 0 Å². The van der Waals surface area contributed by atoms with E-state index in [4.69, 9.17) is 4.74 Å². The van der Waals surface area contributed by atoms with E-state index < -0.39 is 5.97 Å². The van der Waals surface area contributed by atoms with E-state index in [1.165, 1.54) is 0 Å². The molecule has 0 spiro atoms. The van der Waals surface area contributed by atoms with E-state index in [-0.39, 0.29) is 12.5 Å². The molecule has 0 unspecified atom stereocenters. The smallest absolute Gasteiger partial charge is 0.340 e. The van der Waals surface area contributed by atoms with Gasteiger partial charge in [-0.05, 0) is 49.6 Å². The van der Waals surface area contributed by atoms with Gasteiger partial charge >= 0.3 is 5.97 Å². The Bertz CT molecular complexity index is 973. The summed E-state index contributed by atoms with van der Waals surface area (Å²) in [6.07, 6.45) is 2.49. The fourth-order valence-corrected chi connectivity index (χ4v) is 3.52. The van der Waals surface area contributed by atoms with E-state index in [0.717, 1.165) is 16.8 Å². The lowest BCUT2D eigenvalue weighted by Crippen LogP contribution is -2.27. The van der Waals surface area contributed by atoms with Crippen LogP contribution in [0.25, 0.3) is 6.08 Å². The number of anilines is 1. The van der Waals surface area contributed by atoms with E-state index in [0.29, 0.717) is 29.8 Å². The minimum atomic E-state index is -0.457. The van der Waals surface area contributed by atoms with Crippen molar-refractivity contribution in [2.75, 3.05) is 32.1 Å². The molecule has 0 saturated carbocycles. The molecule has 0 N–H and O–H groups in total. The van der Waals surface area contributed by atoms with Crippen molar-refractivity contribution in [1.29, 1.82) is 0 Å². The number of rotatable bonds is 7. The number of carbonyl (C=O) groups is 2. The van der Waals surface area contributed by atoms with Crippen molar-refractivity contribution in [3.63, 3.8) is 0 Å². The van der Waals surface area contributed by atoms with E-state index in [1.807, 2.05) is 80.5 Å². The van der Waals surface area contributed by atoms with Crippen molar-refractivity contribution < 1.29 is 14.3 Å². The Labute approximate surface area is 178 Å². The number of hydrogen-bond donors (Lipinski definition) is 0. The van der Waals surface area contributed by atoms with E-state index in [9.17, 15) is 9.59 Å². The van der Waals surface area contributed by atoms with Crippen LogP contribution in [-0.4, -0.2) is 44.0 Å². The molecule has 1 aliphatic heterocycles. The number of esters is 1. The quantitative estimate of drug-likeness (QED) is 0.516. The van der Waals surface area contributed by atoms with Crippen LogP contribution in [0.15, 0.2) is 71.4 Å². The molecule has 156 valence electrons. The topological polar surface area (TPSA) is 49.9 Å². The Morgan fingerprint density at radius 2 is 1.73 bits per heavy atom. The maximum Gasteiger partial charge on any atom is 0.340 e. The molecule has 1 heterocycles. The highest BCUT2D eigenvalue weighted by atomic mass is 16.5. The summed E-state index contributed by atoms with van der Waals surface area (Å²) < 4.78 is 5.25. The average Bonchev–Trinajstić information content (AvgIpc) is 2.97. The molecule has 5 nitrogen and oxygen atoms in total. The molecule has 0 saturated heterocycles. The van der Waals surface area contributed by atoms with Crippen LogP contribution in [0.2, 0.25) is 0 Å². The highest BCUT2D eigenvalue weighted by Gasteiger charge is 2.36. The van der Waals surface area contributed by atoms with E-state index in [2.05, 4.69) is 0 Å². The van der Waals surface area contributed by atoms with Crippen molar-refractivity contribution in [3.8, 4) is 0 Å². The van der Waals surface area contributed by atoms with Crippen LogP contribution in [-0.2, 0) is 20.7 Å². The Balaban J connectivity index is 1.92. The third kappa shape index (κ3) is 4.62. The molecule has 0 radical (unpaired) electrons. The molecule has 0 aliphatic carbocycles. The SMILES string of the molecule is CCOC(=O)C1=C(C)N(CCc2ccccc2)C(=O)/C1=C\c1ccc(N(C)C)cc1. The largest absolute Gasteiger partial charge is 0.462 e. The van der Waals surface area contributed by atoms with Crippen LogP contribution >= 0.6 is 0 Å². The first kappa shape index (κ1) is 21.4. The normalized spacial score (nSPS) is 15.1. The first-order chi connectivity index (χ1) is 14.4. The molecule has 2 aromatic carbocycles. The molecular formula is C25H28N2O3. The molecule has 1 amide bonds. The van der Waals surface area contributed by atoms with Crippen LogP contribution in [0.1, 0.15) is 25.0 Å². The summed E-state index contributed by atoms with van der Waals surface area (Å²) in [6, 6.07) is 17.9. The lowest BCUT2D eigenvalue weighted by Gasteiger charge is -2.17. The van der Waals surface area contributed by atoms with Crippen molar-refractivity contribution in [3.05, 3.63) is 82.6 Å². The third-order valence-corrected chi connectivity index (χ3v) is 5.18. The summed E-state index contributed by atoms with van der Waals surface area (Å²) >= 11 is 0. The zero-order valence-corrected chi connectivity index (χ0v) is 18.0. The fraction of sp³-hybridized carbons (Fsp3) is 0.280. The average molecular weight is 405 g/mol. The lowest BCUT2D eigenvalue weighted by atomic mass is 10.0. The number of carbonyl (C=O) groups excluding carboxylic acids is 2. The van der Waals surface area contributed by atoms with Crippen LogP contribution in [0.5, 0.6) is 0 Å². The highest BCUT2D eigenvalue weighted by molar-refractivity contribution is 6.16. The van der Waals surface area contributed by atoms with Gasteiger partial charge in [0.1, 0.15) is 0 Å². The summed E-state index contributed by atoms with van der Waals surface area (Å²) in [5.41, 5.74) is 4.46. The van der Waals surface area contributed by atoms with Gasteiger partial charge in [-0.25, -0.2) is 4.79 Å². The first-order valence-corrected chi connectivity index (χ1v) is 10.2. The number of amides is 1. The van der Waals surface area contributed by atoms with Crippen molar-refractivity contribution in [1.82, 2.24) is 4.90 Å². The summed E-state index contributed by atoms with van der Waals surface area (Å²) in [4.78, 5) is 29.6. The highest BCUT2D eigenvalue weighted by Crippen LogP contribution is 2.32. The summed E-state index contributed by atoms with van der Waals surface area (Å²) in [7, 11) is 3.95. The van der Waals surface area contributed by atoms with Gasteiger partial charge in [0.2, 0.25) is 0 Å². The predicted molar refractivity (Wildman–Crippen MR) is 120 cm³/mol. The number of nitrogens with zero attached hydrogens (tertiary/aromatic N) is 2. The zero-order valence-electron chi connectivity index (χ0n) is 18.0. The number of ether oxygens (including phenoxy) is 1. The van der Waals surface area contributed by atoms with Gasteiger partial charge in [-0.15, -0.1) is 0 Å². The van der Waals surface area contributed by atoms with Gasteiger partial charge in [0, 0.05) is 32.0 Å². The predicted octanol–water partition coefficient (Wildman–Crippen LogP) is 4.06. The van der Waals surface area contributed by atoms with Gasteiger partial charge in [-0.1, -0.05) is 42.5 Å². The molecule has 1 aliphatic rings. The first-order valence-electron chi connectivity index (χ1n) is 10.2.